The number of hydrogen-bond donors (Lipinski definition) is 2. The molecule has 14 heteroatoms. The summed E-state index contributed by atoms with van der Waals surface area (Å²) in [4.78, 5) is 42.7. The number of hydrogen-bond acceptors (Lipinski definition) is 9. The molecule has 0 fully saturated rings. The quantitative estimate of drug-likeness (QED) is 0.419. The van der Waals surface area contributed by atoms with Crippen molar-refractivity contribution in [1.29, 1.82) is 0 Å². The molecule has 184 valence electrons. The summed E-state index contributed by atoms with van der Waals surface area (Å²) in [7, 11) is 3.05. The van der Waals surface area contributed by atoms with Gasteiger partial charge in [-0.3, -0.25) is 14.5 Å². The number of benzene rings is 1. The number of esters is 1. The summed E-state index contributed by atoms with van der Waals surface area (Å²) in [6, 6.07) is 6.82. The fourth-order valence-corrected chi connectivity index (χ4v) is 2.95. The van der Waals surface area contributed by atoms with E-state index in [0.29, 0.717) is 5.56 Å². The average Bonchev–Trinajstić information content (AvgIpc) is 3.32. The van der Waals surface area contributed by atoms with Crippen LogP contribution in [-0.2, 0) is 27.6 Å². The maximum absolute atomic E-state index is 13.2. The van der Waals surface area contributed by atoms with Gasteiger partial charge < -0.3 is 20.1 Å². The second-order valence-electron chi connectivity index (χ2n) is 6.96. The van der Waals surface area contributed by atoms with E-state index in [-0.39, 0.29) is 35.4 Å². The van der Waals surface area contributed by atoms with Crippen LogP contribution in [0.4, 0.5) is 20.7 Å². The molecule has 0 aliphatic carbocycles. The van der Waals surface area contributed by atoms with E-state index >= 15 is 0 Å². The van der Waals surface area contributed by atoms with Gasteiger partial charge in [0.2, 0.25) is 6.73 Å². The highest BCUT2D eigenvalue weighted by Gasteiger charge is 2.19. The summed E-state index contributed by atoms with van der Waals surface area (Å²) in [6.07, 6.45) is 1.86. The van der Waals surface area contributed by atoms with Crippen molar-refractivity contribution in [2.24, 2.45) is 0 Å². The first-order valence-electron chi connectivity index (χ1n) is 10.1. The average molecular weight is 506 g/mol. The van der Waals surface area contributed by atoms with Gasteiger partial charge in [0, 0.05) is 18.8 Å². The molecule has 0 bridgehead atoms. The first-order valence-corrected chi connectivity index (χ1v) is 10.5. The zero-order valence-corrected chi connectivity index (χ0v) is 19.5. The van der Waals surface area contributed by atoms with Gasteiger partial charge in [-0.15, -0.1) is 9.90 Å². The van der Waals surface area contributed by atoms with E-state index < -0.39 is 30.5 Å². The van der Waals surface area contributed by atoms with Gasteiger partial charge in [0.05, 0.1) is 23.5 Å². The van der Waals surface area contributed by atoms with Crippen molar-refractivity contribution in [2.75, 3.05) is 30.9 Å². The molecule has 3 rings (SSSR count). The van der Waals surface area contributed by atoms with Gasteiger partial charge in [-0.05, 0) is 31.3 Å². The van der Waals surface area contributed by atoms with E-state index in [4.69, 9.17) is 21.1 Å². The largest absolute Gasteiger partial charge is 0.460 e. The van der Waals surface area contributed by atoms with E-state index in [0.717, 1.165) is 21.8 Å². The summed E-state index contributed by atoms with van der Waals surface area (Å²) in [5, 5.41) is 13.0. The Morgan fingerprint density at radius 1 is 1.23 bits per heavy atom. The first kappa shape index (κ1) is 25.5. The predicted octanol–water partition coefficient (Wildman–Crippen LogP) is 2.21. The Morgan fingerprint density at radius 2 is 2.03 bits per heavy atom. The molecule has 3 aromatic rings. The number of carbonyl (C=O) groups is 3. The molecule has 0 atom stereocenters. The lowest BCUT2D eigenvalue weighted by molar-refractivity contribution is -0.143. The van der Waals surface area contributed by atoms with E-state index in [9.17, 15) is 18.8 Å². The minimum atomic E-state index is -0.784. The molecule has 0 aliphatic rings. The molecule has 0 spiro atoms. The third kappa shape index (κ3) is 6.94. The Kier molecular flexibility index (Phi) is 8.64. The Bertz CT molecular complexity index is 1220. The Labute approximate surface area is 204 Å². The first-order chi connectivity index (χ1) is 16.8. The summed E-state index contributed by atoms with van der Waals surface area (Å²) in [6.45, 7) is -0.438. The van der Waals surface area contributed by atoms with Crippen LogP contribution >= 0.6 is 11.6 Å². The summed E-state index contributed by atoms with van der Waals surface area (Å²) in [5.41, 5.74) is 0.612. The number of aromatic nitrogens is 4. The number of nitrogens with one attached hydrogen (secondary N) is 2. The second kappa shape index (κ2) is 11.9. The maximum atomic E-state index is 13.2. The summed E-state index contributed by atoms with van der Waals surface area (Å²) in [5.74, 6) is -1.41. The number of halogens is 2. The lowest BCUT2D eigenvalue weighted by Gasteiger charge is -2.18. The van der Waals surface area contributed by atoms with Crippen molar-refractivity contribution >= 4 is 41.1 Å². The molecule has 2 aromatic heterocycles. The van der Waals surface area contributed by atoms with Crippen molar-refractivity contribution in [3.8, 4) is 0 Å². The third-order valence-corrected chi connectivity index (χ3v) is 4.73. The van der Waals surface area contributed by atoms with Gasteiger partial charge in [-0.2, -0.15) is 5.10 Å². The SMILES string of the molecule is CNCC(=O)OCc1cccnc1N(C)C(=O)OCn1ncc(C(=O)Nc2ccc(F)cc2Cl)n1. The van der Waals surface area contributed by atoms with Gasteiger partial charge in [-0.25, -0.2) is 14.2 Å². The zero-order chi connectivity index (χ0) is 25.4. The number of likely N-dealkylation sites (N-methyl/N-ethyl adjacent to an activating group) is 1. The van der Waals surface area contributed by atoms with Crippen LogP contribution in [0.5, 0.6) is 0 Å². The van der Waals surface area contributed by atoms with Crippen molar-refractivity contribution in [1.82, 2.24) is 25.3 Å². The highest BCUT2D eigenvalue weighted by molar-refractivity contribution is 6.33. The fraction of sp³-hybridized carbons (Fsp3) is 0.238. The normalized spacial score (nSPS) is 10.5. The summed E-state index contributed by atoms with van der Waals surface area (Å²) >= 11 is 5.90. The highest BCUT2D eigenvalue weighted by atomic mass is 35.5. The van der Waals surface area contributed by atoms with Crippen LogP contribution in [0.15, 0.2) is 42.7 Å². The number of ether oxygens (including phenoxy) is 2. The monoisotopic (exact) mass is 505 g/mol. The van der Waals surface area contributed by atoms with Gasteiger partial charge in [0.1, 0.15) is 18.2 Å². The van der Waals surface area contributed by atoms with Gasteiger partial charge in [0.25, 0.3) is 5.91 Å². The van der Waals surface area contributed by atoms with E-state index in [1.54, 1.807) is 19.2 Å². The van der Waals surface area contributed by atoms with E-state index in [1.165, 1.54) is 25.5 Å². The molecule has 0 aliphatic heterocycles. The number of pyridine rings is 1. The smallest absolute Gasteiger partial charge is 0.417 e. The van der Waals surface area contributed by atoms with Crippen LogP contribution < -0.4 is 15.5 Å². The highest BCUT2D eigenvalue weighted by Crippen LogP contribution is 2.23. The lowest BCUT2D eigenvalue weighted by Crippen LogP contribution is -2.30. The molecular weight excluding hydrogens is 485 g/mol. The third-order valence-electron chi connectivity index (χ3n) is 4.42. The van der Waals surface area contributed by atoms with Gasteiger partial charge >= 0.3 is 12.1 Å². The molecule has 0 saturated carbocycles. The molecule has 1 aromatic carbocycles. The molecule has 12 nitrogen and oxygen atoms in total. The van der Waals surface area contributed by atoms with Crippen LogP contribution in [0.1, 0.15) is 16.1 Å². The molecule has 0 unspecified atom stereocenters. The Hall–Kier alpha value is -4.10. The fourth-order valence-electron chi connectivity index (χ4n) is 2.74. The molecular formula is C21H21ClFN7O5. The Morgan fingerprint density at radius 3 is 2.77 bits per heavy atom. The number of nitrogens with zero attached hydrogens (tertiary/aromatic N) is 5. The molecule has 2 N–H and O–H groups in total. The molecule has 0 saturated heterocycles. The van der Waals surface area contributed by atoms with Gasteiger partial charge in [-0.1, -0.05) is 17.7 Å². The van der Waals surface area contributed by atoms with Crippen molar-refractivity contribution in [3.05, 3.63) is 64.8 Å². The summed E-state index contributed by atoms with van der Waals surface area (Å²) < 4.78 is 23.5. The number of rotatable bonds is 9. The Balaban J connectivity index is 1.57. The standard InChI is InChI=1S/C21H21ClFN7O5/c1-24-10-18(31)34-11-13-4-3-7-25-19(13)29(2)21(33)35-12-30-26-9-17(28-30)20(32)27-16-6-5-14(23)8-15(16)22/h3-9,24H,10-12H2,1-2H3,(H,27,32). The molecule has 2 amide bonds. The van der Waals surface area contributed by atoms with E-state index in [1.807, 2.05) is 0 Å². The van der Waals surface area contributed by atoms with Crippen LogP contribution in [0.25, 0.3) is 0 Å². The van der Waals surface area contributed by atoms with Crippen LogP contribution in [0.2, 0.25) is 5.02 Å². The topological polar surface area (TPSA) is 141 Å². The van der Waals surface area contributed by atoms with Crippen LogP contribution in [0.3, 0.4) is 0 Å². The van der Waals surface area contributed by atoms with Crippen LogP contribution in [0, 0.1) is 5.82 Å². The van der Waals surface area contributed by atoms with Gasteiger partial charge in [0.15, 0.2) is 5.69 Å². The molecule has 2 heterocycles. The van der Waals surface area contributed by atoms with Crippen molar-refractivity contribution < 1.29 is 28.2 Å². The van der Waals surface area contributed by atoms with Crippen molar-refractivity contribution in [3.63, 3.8) is 0 Å². The number of anilines is 2. The minimum Gasteiger partial charge on any atom is -0.460 e. The predicted molar refractivity (Wildman–Crippen MR) is 122 cm³/mol. The zero-order valence-electron chi connectivity index (χ0n) is 18.7. The number of carbonyl (C=O) groups excluding carboxylic acids is 3. The lowest BCUT2D eigenvalue weighted by atomic mass is 10.2. The van der Waals surface area contributed by atoms with E-state index in [2.05, 4.69) is 25.8 Å². The van der Waals surface area contributed by atoms with Crippen molar-refractivity contribution in [2.45, 2.75) is 13.3 Å². The minimum absolute atomic E-state index is 0.0217. The molecule has 35 heavy (non-hydrogen) atoms. The second-order valence-corrected chi connectivity index (χ2v) is 7.36. The number of amides is 2. The maximum Gasteiger partial charge on any atom is 0.417 e. The van der Waals surface area contributed by atoms with Crippen LogP contribution in [-0.4, -0.2) is 58.6 Å². The molecule has 0 radical (unpaired) electrons.